The zero-order valence-electron chi connectivity index (χ0n) is 12.4. The summed E-state index contributed by atoms with van der Waals surface area (Å²) >= 11 is 0. The van der Waals surface area contributed by atoms with Gasteiger partial charge < -0.3 is 15.2 Å². The molecule has 1 aliphatic carbocycles. The molecular weight excluding hydrogens is 254 g/mol. The average molecular weight is 277 g/mol. The minimum absolute atomic E-state index is 0.00537. The van der Waals surface area contributed by atoms with E-state index in [0.29, 0.717) is 11.4 Å². The number of rotatable bonds is 5. The molecule has 0 aromatic carbocycles. The van der Waals surface area contributed by atoms with Crippen LogP contribution in [-0.2, 0) is 0 Å². The topological polar surface area (TPSA) is 74.5 Å². The van der Waals surface area contributed by atoms with E-state index in [1.807, 2.05) is 7.05 Å². The van der Waals surface area contributed by atoms with E-state index >= 15 is 0 Å². The fourth-order valence-corrected chi connectivity index (χ4v) is 2.67. The number of nitrogen functional groups attached to an aromatic ring is 1. The van der Waals surface area contributed by atoms with Crippen molar-refractivity contribution in [3.05, 3.63) is 23.9 Å². The summed E-state index contributed by atoms with van der Waals surface area (Å²) < 4.78 is 0. The van der Waals surface area contributed by atoms with Crippen LogP contribution in [0, 0.1) is 0 Å². The molecule has 1 amide bonds. The fraction of sp³-hybridized carbons (Fsp3) is 0.571. The second-order valence-corrected chi connectivity index (χ2v) is 5.71. The van der Waals surface area contributed by atoms with Gasteiger partial charge in [0.15, 0.2) is 0 Å². The summed E-state index contributed by atoms with van der Waals surface area (Å²) in [5, 5.41) is 0. The predicted molar refractivity (Wildman–Crippen MR) is 79.3 cm³/mol. The summed E-state index contributed by atoms with van der Waals surface area (Å²) in [5.74, 6) is 5.81. The minimum atomic E-state index is -0.00537. The number of amides is 1. The van der Waals surface area contributed by atoms with Gasteiger partial charge in [-0.1, -0.05) is 0 Å². The van der Waals surface area contributed by atoms with E-state index in [1.54, 1.807) is 23.2 Å². The highest BCUT2D eigenvalue weighted by atomic mass is 16.2. The summed E-state index contributed by atoms with van der Waals surface area (Å²) in [5.41, 5.74) is 3.17. The van der Waals surface area contributed by atoms with Crippen molar-refractivity contribution in [3.8, 4) is 0 Å². The molecule has 0 saturated heterocycles. The number of nitrogens with zero attached hydrogens (tertiary/aromatic N) is 3. The van der Waals surface area contributed by atoms with Gasteiger partial charge in [0.05, 0.1) is 5.56 Å². The second-order valence-electron chi connectivity index (χ2n) is 5.71. The minimum Gasteiger partial charge on any atom is -0.340 e. The quantitative estimate of drug-likeness (QED) is 0.618. The summed E-state index contributed by atoms with van der Waals surface area (Å²) in [6.45, 7) is 0.746. The number of anilines is 1. The third kappa shape index (κ3) is 2.76. The van der Waals surface area contributed by atoms with E-state index in [-0.39, 0.29) is 11.4 Å². The third-order valence-electron chi connectivity index (χ3n) is 4.27. The number of carbonyl (C=O) groups is 1. The van der Waals surface area contributed by atoms with Gasteiger partial charge in [-0.2, -0.15) is 0 Å². The number of aromatic nitrogens is 1. The second kappa shape index (κ2) is 5.76. The molecule has 1 aliphatic rings. The molecule has 0 bridgehead atoms. The van der Waals surface area contributed by atoms with E-state index in [4.69, 9.17) is 5.84 Å². The van der Waals surface area contributed by atoms with Crippen molar-refractivity contribution in [2.45, 2.75) is 24.8 Å². The van der Waals surface area contributed by atoms with Gasteiger partial charge in [-0.15, -0.1) is 0 Å². The Morgan fingerprint density at radius 2 is 2.10 bits per heavy atom. The Hall–Kier alpha value is -1.66. The summed E-state index contributed by atoms with van der Waals surface area (Å²) in [7, 11) is 6.02. The molecular formula is C14H23N5O. The first kappa shape index (κ1) is 14.7. The van der Waals surface area contributed by atoms with Crippen LogP contribution >= 0.6 is 0 Å². The molecule has 2 rings (SSSR count). The number of pyridine rings is 1. The molecule has 6 nitrogen and oxygen atoms in total. The largest absolute Gasteiger partial charge is 0.340 e. The van der Waals surface area contributed by atoms with Gasteiger partial charge in [0.1, 0.15) is 5.82 Å². The molecule has 0 atom stereocenters. The number of carbonyl (C=O) groups excluding carboxylic acids is 1. The highest BCUT2D eigenvalue weighted by molar-refractivity contribution is 5.94. The van der Waals surface area contributed by atoms with Crippen LogP contribution in [-0.4, -0.2) is 53.9 Å². The Bertz CT molecular complexity index is 467. The van der Waals surface area contributed by atoms with Crippen molar-refractivity contribution < 1.29 is 4.79 Å². The normalized spacial score (nSPS) is 16.6. The van der Waals surface area contributed by atoms with Crippen LogP contribution < -0.4 is 11.3 Å². The zero-order chi connectivity index (χ0) is 14.8. The van der Waals surface area contributed by atoms with E-state index in [9.17, 15) is 4.79 Å². The Labute approximate surface area is 119 Å². The molecule has 0 unspecified atom stereocenters. The van der Waals surface area contributed by atoms with Crippen molar-refractivity contribution in [1.29, 1.82) is 0 Å². The van der Waals surface area contributed by atoms with Gasteiger partial charge >= 0.3 is 0 Å². The maximum atomic E-state index is 12.4. The van der Waals surface area contributed by atoms with Crippen LogP contribution in [0.15, 0.2) is 18.3 Å². The third-order valence-corrected chi connectivity index (χ3v) is 4.27. The van der Waals surface area contributed by atoms with Crippen LogP contribution in [0.3, 0.4) is 0 Å². The number of nitrogens with two attached hydrogens (primary N) is 1. The first-order chi connectivity index (χ1) is 9.48. The molecule has 1 aromatic heterocycles. The molecule has 1 fully saturated rings. The SMILES string of the molecule is CN(CC1(N(C)C)CCC1)C(=O)c1ccc(NN)nc1. The lowest BCUT2D eigenvalue weighted by molar-refractivity contribution is 0.0252. The molecule has 1 saturated carbocycles. The van der Waals surface area contributed by atoms with E-state index in [1.165, 1.54) is 6.42 Å². The first-order valence-corrected chi connectivity index (χ1v) is 6.84. The molecule has 3 N–H and O–H groups in total. The lowest BCUT2D eigenvalue weighted by Gasteiger charge is -2.49. The van der Waals surface area contributed by atoms with Gasteiger partial charge in [0.2, 0.25) is 0 Å². The van der Waals surface area contributed by atoms with Gasteiger partial charge in [-0.3, -0.25) is 4.79 Å². The maximum absolute atomic E-state index is 12.4. The number of hydrogen-bond acceptors (Lipinski definition) is 5. The standard InChI is InChI=1S/C14H23N5O/c1-18(2)14(7-4-8-14)10-19(3)13(20)11-5-6-12(17-15)16-9-11/h5-6,9H,4,7-8,10,15H2,1-3H3,(H,16,17). The number of nitrogens with one attached hydrogen (secondary N) is 1. The van der Waals surface area contributed by atoms with E-state index in [2.05, 4.69) is 29.4 Å². The molecule has 6 heteroatoms. The highest BCUT2D eigenvalue weighted by Gasteiger charge is 2.40. The molecule has 0 spiro atoms. The van der Waals surface area contributed by atoms with Crippen molar-refractivity contribution in [2.75, 3.05) is 33.1 Å². The Balaban J connectivity index is 2.04. The predicted octanol–water partition coefficient (Wildman–Crippen LogP) is 0.924. The number of hydrogen-bond donors (Lipinski definition) is 2. The highest BCUT2D eigenvalue weighted by Crippen LogP contribution is 2.36. The summed E-state index contributed by atoms with van der Waals surface area (Å²) in [6, 6.07) is 3.44. The van der Waals surface area contributed by atoms with Gasteiger partial charge in [-0.05, 0) is 45.5 Å². The van der Waals surface area contributed by atoms with Crippen molar-refractivity contribution in [3.63, 3.8) is 0 Å². The van der Waals surface area contributed by atoms with Crippen LogP contribution in [0.4, 0.5) is 5.82 Å². The Kier molecular flexibility index (Phi) is 4.25. The Morgan fingerprint density at radius 1 is 1.40 bits per heavy atom. The average Bonchev–Trinajstić information content (AvgIpc) is 2.41. The molecule has 1 heterocycles. The lowest BCUT2D eigenvalue weighted by atomic mass is 9.75. The van der Waals surface area contributed by atoms with Crippen molar-refractivity contribution >= 4 is 11.7 Å². The monoisotopic (exact) mass is 277 g/mol. The fourth-order valence-electron chi connectivity index (χ4n) is 2.67. The van der Waals surface area contributed by atoms with Crippen molar-refractivity contribution in [1.82, 2.24) is 14.8 Å². The molecule has 20 heavy (non-hydrogen) atoms. The zero-order valence-corrected chi connectivity index (χ0v) is 12.4. The molecule has 0 radical (unpaired) electrons. The van der Waals surface area contributed by atoms with E-state index < -0.39 is 0 Å². The van der Waals surface area contributed by atoms with Gasteiger partial charge in [-0.25, -0.2) is 10.8 Å². The smallest absolute Gasteiger partial charge is 0.255 e. The van der Waals surface area contributed by atoms with Gasteiger partial charge in [0.25, 0.3) is 5.91 Å². The number of hydrazine groups is 1. The summed E-state index contributed by atoms with van der Waals surface area (Å²) in [6.07, 6.45) is 5.08. The summed E-state index contributed by atoms with van der Waals surface area (Å²) in [4.78, 5) is 20.5. The van der Waals surface area contributed by atoms with Crippen LogP contribution in [0.5, 0.6) is 0 Å². The van der Waals surface area contributed by atoms with Crippen LogP contribution in [0.25, 0.3) is 0 Å². The molecule has 110 valence electrons. The lowest BCUT2D eigenvalue weighted by Crippen LogP contribution is -2.57. The van der Waals surface area contributed by atoms with Crippen LogP contribution in [0.2, 0.25) is 0 Å². The molecule has 1 aromatic rings. The maximum Gasteiger partial charge on any atom is 0.255 e. The van der Waals surface area contributed by atoms with E-state index in [0.717, 1.165) is 19.4 Å². The van der Waals surface area contributed by atoms with Crippen molar-refractivity contribution in [2.24, 2.45) is 5.84 Å². The first-order valence-electron chi connectivity index (χ1n) is 6.84. The Morgan fingerprint density at radius 3 is 2.50 bits per heavy atom. The van der Waals surface area contributed by atoms with Gasteiger partial charge in [0, 0.05) is 25.3 Å². The number of likely N-dealkylation sites (N-methyl/N-ethyl adjacent to an activating group) is 2. The van der Waals surface area contributed by atoms with Crippen LogP contribution in [0.1, 0.15) is 29.6 Å². The molecule has 0 aliphatic heterocycles.